The summed E-state index contributed by atoms with van der Waals surface area (Å²) in [6.45, 7) is 1.99. The minimum Gasteiger partial charge on any atom is -0.399 e. The van der Waals surface area contributed by atoms with Gasteiger partial charge in [-0.1, -0.05) is 18.7 Å². The van der Waals surface area contributed by atoms with E-state index < -0.39 is 0 Å². The van der Waals surface area contributed by atoms with E-state index in [1.54, 1.807) is 17.5 Å². The van der Waals surface area contributed by atoms with Gasteiger partial charge in [0, 0.05) is 17.3 Å². The summed E-state index contributed by atoms with van der Waals surface area (Å²) in [4.78, 5) is 20.9. The second-order valence-corrected chi connectivity index (χ2v) is 7.92. The highest BCUT2D eigenvalue weighted by atomic mass is 32.2. The number of fused-ring (bicyclic) bond motifs is 1. The maximum Gasteiger partial charge on any atom is 0.239 e. The van der Waals surface area contributed by atoms with Gasteiger partial charge in [0.1, 0.15) is 0 Å². The van der Waals surface area contributed by atoms with Crippen LogP contribution in [0.2, 0.25) is 0 Å². The fourth-order valence-corrected chi connectivity index (χ4v) is 4.70. The van der Waals surface area contributed by atoms with Crippen molar-refractivity contribution in [2.24, 2.45) is 0 Å². The molecule has 8 heteroatoms. The van der Waals surface area contributed by atoms with Gasteiger partial charge in [0.25, 0.3) is 0 Å². The normalized spacial score (nSPS) is 12.4. The molecule has 0 aliphatic carbocycles. The largest absolute Gasteiger partial charge is 0.399 e. The molecule has 0 spiro atoms. The van der Waals surface area contributed by atoms with Crippen LogP contribution in [0, 0.1) is 0 Å². The van der Waals surface area contributed by atoms with Crippen LogP contribution in [0.25, 0.3) is 10.2 Å². The number of thiazole rings is 2. The minimum absolute atomic E-state index is 0.0405. The summed E-state index contributed by atoms with van der Waals surface area (Å²) in [5.74, 6) is -0.0405. The van der Waals surface area contributed by atoms with E-state index >= 15 is 0 Å². The van der Waals surface area contributed by atoms with E-state index in [9.17, 15) is 4.79 Å². The lowest BCUT2D eigenvalue weighted by Crippen LogP contribution is -2.24. The molecule has 0 fully saturated rings. The van der Waals surface area contributed by atoms with Crippen molar-refractivity contribution >= 4 is 61.4 Å². The molecule has 2 heterocycles. The van der Waals surface area contributed by atoms with E-state index in [1.165, 1.54) is 23.1 Å². The molecule has 1 atom stereocenters. The van der Waals surface area contributed by atoms with E-state index in [-0.39, 0.29) is 11.2 Å². The summed E-state index contributed by atoms with van der Waals surface area (Å²) in [5, 5.41) is 5.11. The Morgan fingerprint density at radius 1 is 1.50 bits per heavy atom. The van der Waals surface area contributed by atoms with Crippen molar-refractivity contribution in [3.8, 4) is 0 Å². The fraction of sp³-hybridized carbons (Fsp3) is 0.214. The predicted molar refractivity (Wildman–Crippen MR) is 94.7 cm³/mol. The van der Waals surface area contributed by atoms with Crippen molar-refractivity contribution < 1.29 is 4.79 Å². The Hall–Kier alpha value is -1.64. The van der Waals surface area contributed by atoms with Gasteiger partial charge in [0.05, 0.1) is 15.5 Å². The van der Waals surface area contributed by atoms with Gasteiger partial charge < -0.3 is 11.1 Å². The highest BCUT2D eigenvalue weighted by Gasteiger charge is 2.20. The van der Waals surface area contributed by atoms with Gasteiger partial charge in [-0.3, -0.25) is 4.79 Å². The molecular formula is C14H14N4OS3. The molecule has 0 aliphatic heterocycles. The van der Waals surface area contributed by atoms with Crippen LogP contribution in [-0.4, -0.2) is 21.1 Å². The lowest BCUT2D eigenvalue weighted by Gasteiger charge is -2.11. The number of benzene rings is 1. The van der Waals surface area contributed by atoms with E-state index in [2.05, 4.69) is 15.3 Å². The smallest absolute Gasteiger partial charge is 0.239 e. The summed E-state index contributed by atoms with van der Waals surface area (Å²) >= 11 is 4.45. The summed E-state index contributed by atoms with van der Waals surface area (Å²) in [7, 11) is 0. The molecule has 3 N–H and O–H groups in total. The highest BCUT2D eigenvalue weighted by molar-refractivity contribution is 8.02. The zero-order valence-electron chi connectivity index (χ0n) is 11.8. The van der Waals surface area contributed by atoms with Crippen LogP contribution < -0.4 is 11.1 Å². The second-order valence-electron chi connectivity index (χ2n) is 4.55. The first-order valence-electron chi connectivity index (χ1n) is 6.69. The lowest BCUT2D eigenvalue weighted by atomic mass is 10.3. The average molecular weight is 350 g/mol. The Kier molecular flexibility index (Phi) is 4.60. The first-order chi connectivity index (χ1) is 10.7. The van der Waals surface area contributed by atoms with E-state index in [4.69, 9.17) is 5.73 Å². The number of carbonyl (C=O) groups excluding carboxylic acids is 1. The van der Waals surface area contributed by atoms with Crippen LogP contribution >= 0.6 is 34.4 Å². The zero-order chi connectivity index (χ0) is 15.5. The van der Waals surface area contributed by atoms with Crippen molar-refractivity contribution in [2.45, 2.75) is 22.9 Å². The van der Waals surface area contributed by atoms with Crippen LogP contribution in [0.4, 0.5) is 10.8 Å². The monoisotopic (exact) mass is 350 g/mol. The maximum absolute atomic E-state index is 12.3. The van der Waals surface area contributed by atoms with Crippen molar-refractivity contribution in [2.75, 3.05) is 11.1 Å². The number of nitrogens with one attached hydrogen (secondary N) is 1. The Bertz CT molecular complexity index is 785. The SMILES string of the molecule is CC[C@@H](Sc1nc2ccc(N)cc2s1)C(=O)Nc1nccs1. The lowest BCUT2D eigenvalue weighted by molar-refractivity contribution is -0.115. The van der Waals surface area contributed by atoms with E-state index in [0.717, 1.165) is 26.7 Å². The summed E-state index contributed by atoms with van der Waals surface area (Å²) < 4.78 is 1.92. The molecule has 0 unspecified atom stereocenters. The van der Waals surface area contributed by atoms with Crippen molar-refractivity contribution in [1.29, 1.82) is 0 Å². The summed E-state index contributed by atoms with van der Waals surface area (Å²) in [6.07, 6.45) is 2.40. The van der Waals surface area contributed by atoms with Gasteiger partial charge in [-0.05, 0) is 24.6 Å². The third-order valence-electron chi connectivity index (χ3n) is 2.96. The summed E-state index contributed by atoms with van der Waals surface area (Å²) in [5.41, 5.74) is 7.42. The van der Waals surface area contributed by atoms with Crippen molar-refractivity contribution in [3.05, 3.63) is 29.8 Å². The topological polar surface area (TPSA) is 80.9 Å². The van der Waals surface area contributed by atoms with Crippen molar-refractivity contribution in [1.82, 2.24) is 9.97 Å². The van der Waals surface area contributed by atoms with Crippen LogP contribution in [0.5, 0.6) is 0 Å². The number of rotatable bonds is 5. The van der Waals surface area contributed by atoms with Gasteiger partial charge in [0.15, 0.2) is 9.47 Å². The number of aromatic nitrogens is 2. The molecule has 0 aliphatic rings. The summed E-state index contributed by atoms with van der Waals surface area (Å²) in [6, 6.07) is 5.65. The molecule has 3 rings (SSSR count). The number of hydrogen-bond acceptors (Lipinski definition) is 7. The Balaban J connectivity index is 1.74. The molecule has 0 saturated heterocycles. The Labute approximate surface area is 140 Å². The van der Waals surface area contributed by atoms with Gasteiger partial charge in [-0.15, -0.1) is 22.7 Å². The molecule has 0 radical (unpaired) electrons. The van der Waals surface area contributed by atoms with Crippen LogP contribution in [-0.2, 0) is 4.79 Å². The van der Waals surface area contributed by atoms with Gasteiger partial charge in [-0.25, -0.2) is 9.97 Å². The highest BCUT2D eigenvalue weighted by Crippen LogP contribution is 2.34. The number of amides is 1. The fourth-order valence-electron chi connectivity index (χ4n) is 1.89. The Morgan fingerprint density at radius 2 is 2.36 bits per heavy atom. The predicted octanol–water partition coefficient (Wildman–Crippen LogP) is 3.84. The number of nitrogens with zero attached hydrogens (tertiary/aromatic N) is 2. The molecule has 2 aromatic heterocycles. The number of thioether (sulfide) groups is 1. The van der Waals surface area contributed by atoms with Gasteiger partial charge in [0.2, 0.25) is 5.91 Å². The minimum atomic E-state index is -0.193. The van der Waals surface area contributed by atoms with Crippen LogP contribution in [0.3, 0.4) is 0 Å². The molecule has 1 amide bonds. The second kappa shape index (κ2) is 6.64. The van der Waals surface area contributed by atoms with Crippen LogP contribution in [0.15, 0.2) is 34.1 Å². The van der Waals surface area contributed by atoms with Crippen molar-refractivity contribution in [3.63, 3.8) is 0 Å². The molecule has 0 saturated carbocycles. The standard InChI is InChI=1S/C14H14N4OS3/c1-2-10(12(19)18-13-16-5-6-20-13)21-14-17-9-4-3-8(15)7-11(9)22-14/h3-7,10H,2,15H2,1H3,(H,16,18,19)/t10-/m1/s1. The number of anilines is 2. The molecular weight excluding hydrogens is 336 g/mol. The van der Waals surface area contributed by atoms with E-state index in [1.807, 2.05) is 30.5 Å². The third kappa shape index (κ3) is 3.40. The maximum atomic E-state index is 12.3. The third-order valence-corrected chi connectivity index (χ3v) is 6.13. The molecule has 3 aromatic rings. The molecule has 114 valence electrons. The first kappa shape index (κ1) is 15.3. The number of nitrogens with two attached hydrogens (primary N) is 1. The van der Waals surface area contributed by atoms with Gasteiger partial charge in [-0.2, -0.15) is 0 Å². The van der Waals surface area contributed by atoms with E-state index in [0.29, 0.717) is 5.13 Å². The molecule has 5 nitrogen and oxygen atoms in total. The zero-order valence-corrected chi connectivity index (χ0v) is 14.2. The number of nitrogen functional groups attached to an aromatic ring is 1. The molecule has 1 aromatic carbocycles. The molecule has 22 heavy (non-hydrogen) atoms. The Morgan fingerprint density at radius 3 is 3.09 bits per heavy atom. The number of carbonyl (C=O) groups is 1. The van der Waals surface area contributed by atoms with Crippen LogP contribution in [0.1, 0.15) is 13.3 Å². The average Bonchev–Trinajstić information content (AvgIpc) is 3.13. The quantitative estimate of drug-likeness (QED) is 0.540. The number of hydrogen-bond donors (Lipinski definition) is 2. The molecule has 0 bridgehead atoms. The van der Waals surface area contributed by atoms with Gasteiger partial charge >= 0.3 is 0 Å². The first-order valence-corrected chi connectivity index (χ1v) is 9.26.